The highest BCUT2D eigenvalue weighted by atomic mass is 16.2. The molecule has 1 aliphatic heterocycles. The molecular formula is C11H22N2O. The van der Waals surface area contributed by atoms with Gasteiger partial charge in [-0.1, -0.05) is 20.3 Å². The van der Waals surface area contributed by atoms with E-state index >= 15 is 0 Å². The molecule has 1 rings (SSSR count). The average molecular weight is 198 g/mol. The van der Waals surface area contributed by atoms with Crippen LogP contribution in [0.1, 0.15) is 26.7 Å². The van der Waals surface area contributed by atoms with Crippen LogP contribution in [0.15, 0.2) is 0 Å². The van der Waals surface area contributed by atoms with E-state index in [1.807, 2.05) is 18.9 Å². The molecule has 0 aromatic heterocycles. The standard InChI is InChI=1S/C11H22N2O/c1-4-10-5-6-13(8-10)11(14)9(2)7-12-3/h9-10,12H,4-8H2,1-3H3. The van der Waals surface area contributed by atoms with Crippen molar-refractivity contribution < 1.29 is 4.79 Å². The molecule has 0 radical (unpaired) electrons. The number of amides is 1. The second-order valence-electron chi connectivity index (χ2n) is 4.31. The molecule has 1 fully saturated rings. The first-order valence-corrected chi connectivity index (χ1v) is 5.62. The van der Waals surface area contributed by atoms with Gasteiger partial charge in [-0.15, -0.1) is 0 Å². The zero-order valence-corrected chi connectivity index (χ0v) is 9.55. The summed E-state index contributed by atoms with van der Waals surface area (Å²) in [7, 11) is 1.89. The van der Waals surface area contributed by atoms with Crippen molar-refractivity contribution in [3.8, 4) is 0 Å². The van der Waals surface area contributed by atoms with Crippen molar-refractivity contribution in [1.82, 2.24) is 10.2 Å². The van der Waals surface area contributed by atoms with E-state index in [2.05, 4.69) is 12.2 Å². The summed E-state index contributed by atoms with van der Waals surface area (Å²) < 4.78 is 0. The predicted octanol–water partition coefficient (Wildman–Crippen LogP) is 1.10. The maximum Gasteiger partial charge on any atom is 0.226 e. The number of hydrogen-bond donors (Lipinski definition) is 1. The monoisotopic (exact) mass is 198 g/mol. The fourth-order valence-corrected chi connectivity index (χ4v) is 2.07. The first kappa shape index (κ1) is 11.5. The highest BCUT2D eigenvalue weighted by Gasteiger charge is 2.27. The largest absolute Gasteiger partial charge is 0.342 e. The molecule has 0 saturated carbocycles. The molecule has 3 nitrogen and oxygen atoms in total. The predicted molar refractivity (Wildman–Crippen MR) is 58.1 cm³/mol. The second-order valence-corrected chi connectivity index (χ2v) is 4.31. The molecule has 1 saturated heterocycles. The molecule has 0 bridgehead atoms. The summed E-state index contributed by atoms with van der Waals surface area (Å²) >= 11 is 0. The van der Waals surface area contributed by atoms with Crippen LogP contribution >= 0.6 is 0 Å². The third kappa shape index (κ3) is 2.71. The van der Waals surface area contributed by atoms with E-state index in [4.69, 9.17) is 0 Å². The van der Waals surface area contributed by atoms with Gasteiger partial charge in [0.25, 0.3) is 0 Å². The zero-order valence-electron chi connectivity index (χ0n) is 9.55. The summed E-state index contributed by atoms with van der Waals surface area (Å²) in [5.74, 6) is 1.17. The van der Waals surface area contributed by atoms with Crippen molar-refractivity contribution in [1.29, 1.82) is 0 Å². The smallest absolute Gasteiger partial charge is 0.226 e. The summed E-state index contributed by atoms with van der Waals surface area (Å²) in [5.41, 5.74) is 0. The van der Waals surface area contributed by atoms with Crippen molar-refractivity contribution in [2.45, 2.75) is 26.7 Å². The van der Waals surface area contributed by atoms with Crippen LogP contribution in [0.5, 0.6) is 0 Å². The molecule has 1 aliphatic rings. The minimum Gasteiger partial charge on any atom is -0.342 e. The summed E-state index contributed by atoms with van der Waals surface area (Å²) in [6.07, 6.45) is 2.39. The van der Waals surface area contributed by atoms with Gasteiger partial charge >= 0.3 is 0 Å². The number of hydrogen-bond acceptors (Lipinski definition) is 2. The molecule has 2 atom stereocenters. The van der Waals surface area contributed by atoms with Crippen molar-refractivity contribution >= 4 is 5.91 Å². The minimum absolute atomic E-state index is 0.121. The SMILES string of the molecule is CCC1CCN(C(=O)C(C)CNC)C1. The van der Waals surface area contributed by atoms with Crippen LogP contribution in [0, 0.1) is 11.8 Å². The minimum atomic E-state index is 0.121. The molecule has 3 heteroatoms. The molecule has 2 unspecified atom stereocenters. The Hall–Kier alpha value is -0.570. The summed E-state index contributed by atoms with van der Waals surface area (Å²) in [4.78, 5) is 13.9. The van der Waals surface area contributed by atoms with E-state index in [9.17, 15) is 4.79 Å². The van der Waals surface area contributed by atoms with Crippen molar-refractivity contribution in [2.75, 3.05) is 26.7 Å². The first-order chi connectivity index (χ1) is 6.69. The van der Waals surface area contributed by atoms with E-state index in [1.165, 1.54) is 12.8 Å². The van der Waals surface area contributed by atoms with Crippen LogP contribution in [0.3, 0.4) is 0 Å². The molecule has 0 aliphatic carbocycles. The fraction of sp³-hybridized carbons (Fsp3) is 0.909. The molecule has 0 aromatic rings. The molecule has 1 N–H and O–H groups in total. The molecule has 0 aromatic carbocycles. The Kier molecular flexibility index (Phi) is 4.39. The first-order valence-electron chi connectivity index (χ1n) is 5.62. The quantitative estimate of drug-likeness (QED) is 0.733. The van der Waals surface area contributed by atoms with Gasteiger partial charge in [0.05, 0.1) is 0 Å². The summed E-state index contributed by atoms with van der Waals surface area (Å²) in [5, 5.41) is 3.05. The van der Waals surface area contributed by atoms with Crippen LogP contribution in [0.4, 0.5) is 0 Å². The fourth-order valence-electron chi connectivity index (χ4n) is 2.07. The Labute approximate surface area is 86.9 Å². The van der Waals surface area contributed by atoms with Crippen LogP contribution < -0.4 is 5.32 Å². The van der Waals surface area contributed by atoms with E-state index in [1.54, 1.807) is 0 Å². The lowest BCUT2D eigenvalue weighted by atomic mass is 10.1. The summed E-state index contributed by atoms with van der Waals surface area (Å²) in [6.45, 7) is 6.93. The van der Waals surface area contributed by atoms with Crippen LogP contribution in [-0.4, -0.2) is 37.5 Å². The van der Waals surface area contributed by atoms with Gasteiger partial charge in [0.2, 0.25) is 5.91 Å². The van der Waals surface area contributed by atoms with Gasteiger partial charge in [-0.05, 0) is 19.4 Å². The molecular weight excluding hydrogens is 176 g/mol. The second kappa shape index (κ2) is 5.35. The normalized spacial score (nSPS) is 23.9. The lowest BCUT2D eigenvalue weighted by Gasteiger charge is -2.20. The van der Waals surface area contributed by atoms with Crippen LogP contribution in [-0.2, 0) is 4.79 Å². The third-order valence-corrected chi connectivity index (χ3v) is 3.11. The Morgan fingerprint density at radius 1 is 1.64 bits per heavy atom. The highest BCUT2D eigenvalue weighted by molar-refractivity contribution is 5.79. The van der Waals surface area contributed by atoms with Gasteiger partial charge < -0.3 is 10.2 Å². The van der Waals surface area contributed by atoms with Gasteiger partial charge in [-0.25, -0.2) is 0 Å². The van der Waals surface area contributed by atoms with Crippen LogP contribution in [0.25, 0.3) is 0 Å². The molecule has 1 amide bonds. The van der Waals surface area contributed by atoms with E-state index in [0.717, 1.165) is 25.6 Å². The van der Waals surface area contributed by atoms with Gasteiger partial charge in [0, 0.05) is 25.6 Å². The zero-order chi connectivity index (χ0) is 10.6. The maximum atomic E-state index is 11.9. The number of carbonyl (C=O) groups excluding carboxylic acids is 1. The van der Waals surface area contributed by atoms with Crippen LogP contribution in [0.2, 0.25) is 0 Å². The topological polar surface area (TPSA) is 32.3 Å². The molecule has 1 heterocycles. The third-order valence-electron chi connectivity index (χ3n) is 3.11. The Bertz CT molecular complexity index is 194. The van der Waals surface area contributed by atoms with Crippen molar-refractivity contribution in [3.05, 3.63) is 0 Å². The number of nitrogens with one attached hydrogen (secondary N) is 1. The highest BCUT2D eigenvalue weighted by Crippen LogP contribution is 2.20. The Morgan fingerprint density at radius 2 is 2.36 bits per heavy atom. The van der Waals surface area contributed by atoms with E-state index < -0.39 is 0 Å². The summed E-state index contributed by atoms with van der Waals surface area (Å²) in [6, 6.07) is 0. The molecule has 14 heavy (non-hydrogen) atoms. The van der Waals surface area contributed by atoms with Gasteiger partial charge in [0.15, 0.2) is 0 Å². The lowest BCUT2D eigenvalue weighted by Crippen LogP contribution is -2.37. The number of likely N-dealkylation sites (tertiary alicyclic amines) is 1. The average Bonchev–Trinajstić information content (AvgIpc) is 2.65. The number of rotatable bonds is 4. The molecule has 82 valence electrons. The number of carbonyl (C=O) groups is 1. The van der Waals surface area contributed by atoms with Gasteiger partial charge in [-0.2, -0.15) is 0 Å². The molecule has 0 spiro atoms. The van der Waals surface area contributed by atoms with E-state index in [0.29, 0.717) is 5.91 Å². The van der Waals surface area contributed by atoms with Gasteiger partial charge in [-0.3, -0.25) is 4.79 Å². The van der Waals surface area contributed by atoms with E-state index in [-0.39, 0.29) is 5.92 Å². The lowest BCUT2D eigenvalue weighted by molar-refractivity contribution is -0.133. The number of nitrogens with zero attached hydrogens (tertiary/aromatic N) is 1. The van der Waals surface area contributed by atoms with Gasteiger partial charge in [0.1, 0.15) is 0 Å². The van der Waals surface area contributed by atoms with Crippen molar-refractivity contribution in [3.63, 3.8) is 0 Å². The maximum absolute atomic E-state index is 11.9. The Balaban J connectivity index is 2.38. The Morgan fingerprint density at radius 3 is 2.86 bits per heavy atom. The van der Waals surface area contributed by atoms with Crippen molar-refractivity contribution in [2.24, 2.45) is 11.8 Å².